The highest BCUT2D eigenvalue weighted by atomic mass is 32.1. The standard InChI is InChI=1S/C4H6FNS/c5-3-1-2(3)4(6)7/h2-3H,1H2,(H2,6,7)/t2-,3-/m1/s1. The van der Waals surface area contributed by atoms with Crippen LogP contribution in [0.3, 0.4) is 0 Å². The predicted molar refractivity (Wildman–Crippen MR) is 29.8 cm³/mol. The Hall–Kier alpha value is -0.180. The van der Waals surface area contributed by atoms with Crippen molar-refractivity contribution < 1.29 is 4.39 Å². The van der Waals surface area contributed by atoms with E-state index in [0.717, 1.165) is 0 Å². The molecule has 0 aromatic carbocycles. The SMILES string of the molecule is NC(=S)[C@@H]1C[C@H]1F. The lowest BCUT2D eigenvalue weighted by atomic mass is 10.4. The molecule has 2 atom stereocenters. The molecule has 0 unspecified atom stereocenters. The Morgan fingerprint density at radius 3 is 2.29 bits per heavy atom. The number of alkyl halides is 1. The van der Waals surface area contributed by atoms with Gasteiger partial charge < -0.3 is 5.73 Å². The van der Waals surface area contributed by atoms with Gasteiger partial charge in [0, 0.05) is 5.92 Å². The van der Waals surface area contributed by atoms with Crippen LogP contribution >= 0.6 is 12.2 Å². The van der Waals surface area contributed by atoms with Gasteiger partial charge in [0.05, 0.1) is 4.99 Å². The second kappa shape index (κ2) is 1.40. The van der Waals surface area contributed by atoms with Crippen molar-refractivity contribution >= 4 is 17.2 Å². The minimum Gasteiger partial charge on any atom is -0.393 e. The molecule has 0 spiro atoms. The average Bonchev–Trinajstić information content (AvgIpc) is 2.17. The van der Waals surface area contributed by atoms with Crippen molar-refractivity contribution in [1.82, 2.24) is 0 Å². The van der Waals surface area contributed by atoms with E-state index in [0.29, 0.717) is 11.4 Å². The third-order valence-electron chi connectivity index (χ3n) is 1.08. The fourth-order valence-electron chi connectivity index (χ4n) is 0.458. The molecule has 1 aliphatic rings. The molecule has 2 N–H and O–H groups in total. The van der Waals surface area contributed by atoms with Crippen molar-refractivity contribution in [2.45, 2.75) is 12.6 Å². The molecule has 1 fully saturated rings. The van der Waals surface area contributed by atoms with Crippen LogP contribution in [0.4, 0.5) is 4.39 Å². The molecular formula is C4H6FNS. The van der Waals surface area contributed by atoms with E-state index in [1.807, 2.05) is 0 Å². The predicted octanol–water partition coefficient (Wildman–Crippen LogP) is 0.631. The molecule has 0 aromatic rings. The Morgan fingerprint density at radius 2 is 2.29 bits per heavy atom. The molecule has 0 heterocycles. The minimum absolute atomic E-state index is 0.0880. The molecule has 1 nitrogen and oxygen atoms in total. The summed E-state index contributed by atoms with van der Waals surface area (Å²) in [5, 5.41) is 0. The number of hydrogen-bond acceptors (Lipinski definition) is 1. The maximum atomic E-state index is 11.9. The van der Waals surface area contributed by atoms with E-state index in [4.69, 9.17) is 5.73 Å². The summed E-state index contributed by atoms with van der Waals surface area (Å²) in [6, 6.07) is 0. The first-order chi connectivity index (χ1) is 3.22. The molecule has 0 aliphatic heterocycles. The zero-order valence-corrected chi connectivity index (χ0v) is 4.54. The van der Waals surface area contributed by atoms with Crippen LogP contribution in [0.5, 0.6) is 0 Å². The normalized spacial score (nSPS) is 37.9. The number of thiocarbonyl (C=S) groups is 1. The van der Waals surface area contributed by atoms with Gasteiger partial charge in [-0.1, -0.05) is 12.2 Å². The largest absolute Gasteiger partial charge is 0.393 e. The molecule has 0 saturated heterocycles. The van der Waals surface area contributed by atoms with Crippen molar-refractivity contribution in [3.05, 3.63) is 0 Å². The molecule has 7 heavy (non-hydrogen) atoms. The highest BCUT2D eigenvalue weighted by Gasteiger charge is 2.39. The van der Waals surface area contributed by atoms with Crippen LogP contribution in [0.1, 0.15) is 6.42 Å². The number of rotatable bonds is 1. The molecule has 0 bridgehead atoms. The molecule has 0 amide bonds. The van der Waals surface area contributed by atoms with Gasteiger partial charge in [-0.05, 0) is 6.42 Å². The Labute approximate surface area is 46.7 Å². The molecule has 40 valence electrons. The summed E-state index contributed by atoms with van der Waals surface area (Å²) in [6.45, 7) is 0. The van der Waals surface area contributed by atoms with Gasteiger partial charge in [0.1, 0.15) is 6.17 Å². The summed E-state index contributed by atoms with van der Waals surface area (Å²) >= 11 is 4.50. The van der Waals surface area contributed by atoms with Gasteiger partial charge in [-0.3, -0.25) is 0 Å². The monoisotopic (exact) mass is 119 g/mol. The van der Waals surface area contributed by atoms with Gasteiger partial charge in [-0.15, -0.1) is 0 Å². The van der Waals surface area contributed by atoms with Crippen LogP contribution in [0, 0.1) is 5.92 Å². The quantitative estimate of drug-likeness (QED) is 0.512. The summed E-state index contributed by atoms with van der Waals surface area (Å²) < 4.78 is 11.9. The summed E-state index contributed by atoms with van der Waals surface area (Å²) in [4.78, 5) is 0.326. The van der Waals surface area contributed by atoms with E-state index in [1.165, 1.54) is 0 Å². The third-order valence-corrected chi connectivity index (χ3v) is 1.38. The van der Waals surface area contributed by atoms with E-state index in [9.17, 15) is 4.39 Å². The third kappa shape index (κ3) is 0.881. The maximum Gasteiger partial charge on any atom is 0.110 e. The van der Waals surface area contributed by atoms with Gasteiger partial charge in [0.2, 0.25) is 0 Å². The van der Waals surface area contributed by atoms with Crippen LogP contribution in [0.2, 0.25) is 0 Å². The van der Waals surface area contributed by atoms with Crippen LogP contribution in [-0.2, 0) is 0 Å². The molecule has 1 saturated carbocycles. The molecule has 0 radical (unpaired) electrons. The van der Waals surface area contributed by atoms with E-state index in [2.05, 4.69) is 12.2 Å². The molecule has 3 heteroatoms. The lowest BCUT2D eigenvalue weighted by molar-refractivity contribution is 0.468. The van der Waals surface area contributed by atoms with Crippen LogP contribution in [0.15, 0.2) is 0 Å². The first-order valence-electron chi connectivity index (χ1n) is 2.15. The van der Waals surface area contributed by atoms with Gasteiger partial charge in [-0.2, -0.15) is 0 Å². The van der Waals surface area contributed by atoms with Crippen molar-refractivity contribution in [2.75, 3.05) is 0 Å². The second-order valence-electron chi connectivity index (χ2n) is 1.76. The Bertz CT molecular complexity index is 104. The Balaban J connectivity index is 2.33. The van der Waals surface area contributed by atoms with Crippen LogP contribution in [-0.4, -0.2) is 11.2 Å². The number of halogens is 1. The summed E-state index contributed by atoms with van der Waals surface area (Å²) in [7, 11) is 0. The first-order valence-corrected chi connectivity index (χ1v) is 2.56. The van der Waals surface area contributed by atoms with Crippen LogP contribution < -0.4 is 5.73 Å². The highest BCUT2D eigenvalue weighted by molar-refractivity contribution is 7.80. The first kappa shape index (κ1) is 4.97. The summed E-state index contributed by atoms with van der Waals surface area (Å²) in [5.41, 5.74) is 5.08. The lowest BCUT2D eigenvalue weighted by Crippen LogP contribution is -2.11. The minimum atomic E-state index is -0.725. The van der Waals surface area contributed by atoms with E-state index < -0.39 is 6.17 Å². The maximum absolute atomic E-state index is 11.9. The Kier molecular flexibility index (Phi) is 0.995. The van der Waals surface area contributed by atoms with Crippen molar-refractivity contribution in [3.8, 4) is 0 Å². The molecule has 0 aromatic heterocycles. The second-order valence-corrected chi connectivity index (χ2v) is 2.23. The smallest absolute Gasteiger partial charge is 0.110 e. The molecule has 1 aliphatic carbocycles. The fraction of sp³-hybridized carbons (Fsp3) is 0.750. The molecule has 1 rings (SSSR count). The number of hydrogen-bond donors (Lipinski definition) is 1. The van der Waals surface area contributed by atoms with Crippen molar-refractivity contribution in [1.29, 1.82) is 0 Å². The van der Waals surface area contributed by atoms with E-state index in [-0.39, 0.29) is 5.92 Å². The van der Waals surface area contributed by atoms with Crippen LogP contribution in [0.25, 0.3) is 0 Å². The van der Waals surface area contributed by atoms with E-state index in [1.54, 1.807) is 0 Å². The van der Waals surface area contributed by atoms with Gasteiger partial charge >= 0.3 is 0 Å². The van der Waals surface area contributed by atoms with Crippen molar-refractivity contribution in [3.63, 3.8) is 0 Å². The average molecular weight is 119 g/mol. The fourth-order valence-corrected chi connectivity index (χ4v) is 0.702. The topological polar surface area (TPSA) is 26.0 Å². The van der Waals surface area contributed by atoms with E-state index >= 15 is 0 Å². The zero-order valence-electron chi connectivity index (χ0n) is 3.73. The van der Waals surface area contributed by atoms with Crippen molar-refractivity contribution in [2.24, 2.45) is 11.7 Å². The number of nitrogens with two attached hydrogens (primary N) is 1. The lowest BCUT2D eigenvalue weighted by Gasteiger charge is -1.83. The molecular weight excluding hydrogens is 113 g/mol. The van der Waals surface area contributed by atoms with Gasteiger partial charge in [-0.25, -0.2) is 4.39 Å². The summed E-state index contributed by atoms with van der Waals surface area (Å²) in [5.74, 6) is -0.0880. The Morgan fingerprint density at radius 1 is 1.86 bits per heavy atom. The van der Waals surface area contributed by atoms with Gasteiger partial charge in [0.15, 0.2) is 0 Å². The van der Waals surface area contributed by atoms with Gasteiger partial charge in [0.25, 0.3) is 0 Å². The summed E-state index contributed by atoms with van der Waals surface area (Å²) in [6.07, 6.45) is -0.174. The highest BCUT2D eigenvalue weighted by Crippen LogP contribution is 2.33. The zero-order chi connectivity index (χ0) is 5.44.